The lowest BCUT2D eigenvalue weighted by Gasteiger charge is -2.30. The first-order valence-electron chi connectivity index (χ1n) is 8.40. The lowest BCUT2D eigenvalue weighted by Crippen LogP contribution is -2.46. The van der Waals surface area contributed by atoms with E-state index in [9.17, 15) is 9.59 Å². The van der Waals surface area contributed by atoms with Crippen LogP contribution in [0, 0.1) is 19.8 Å². The molecule has 6 heteroatoms. The maximum atomic E-state index is 12.1. The molecule has 0 atom stereocenters. The number of piperidine rings is 1. The highest BCUT2D eigenvalue weighted by Gasteiger charge is 2.28. The molecule has 0 bridgehead atoms. The zero-order valence-electron chi connectivity index (χ0n) is 14.6. The Labute approximate surface area is 143 Å². The summed E-state index contributed by atoms with van der Waals surface area (Å²) in [5.41, 5.74) is 2.22. The van der Waals surface area contributed by atoms with E-state index in [1.165, 1.54) is 5.56 Å². The Morgan fingerprint density at radius 1 is 1.25 bits per heavy atom. The molecule has 1 heterocycles. The molecule has 1 aliphatic heterocycles. The number of urea groups is 1. The number of aryl methyl sites for hydroxylation is 2. The molecule has 1 fully saturated rings. The van der Waals surface area contributed by atoms with Gasteiger partial charge in [0, 0.05) is 13.1 Å². The fourth-order valence-electron chi connectivity index (χ4n) is 2.83. The minimum atomic E-state index is -0.165. The molecule has 2 rings (SSSR count). The summed E-state index contributed by atoms with van der Waals surface area (Å²) in [7, 11) is 0. The number of carbonyl (C=O) groups is 2. The molecule has 0 aromatic heterocycles. The van der Waals surface area contributed by atoms with Crippen LogP contribution in [0.1, 0.15) is 30.9 Å². The highest BCUT2D eigenvalue weighted by atomic mass is 16.5. The monoisotopic (exact) mass is 334 g/mol. The zero-order valence-corrected chi connectivity index (χ0v) is 14.6. The van der Waals surface area contributed by atoms with Gasteiger partial charge in [0.25, 0.3) is 0 Å². The van der Waals surface area contributed by atoms with E-state index in [-0.39, 0.29) is 24.6 Å². The van der Waals surface area contributed by atoms with Gasteiger partial charge in [-0.05, 0) is 45.2 Å². The number of nitrogens with zero attached hydrogens (tertiary/aromatic N) is 1. The third-order valence-corrected chi connectivity index (χ3v) is 4.18. The molecule has 0 saturated carbocycles. The van der Waals surface area contributed by atoms with Gasteiger partial charge in [-0.2, -0.15) is 0 Å². The molecule has 6 nitrogen and oxygen atoms in total. The van der Waals surface area contributed by atoms with E-state index >= 15 is 0 Å². The van der Waals surface area contributed by atoms with Gasteiger partial charge in [-0.3, -0.25) is 4.79 Å². The Morgan fingerprint density at radius 3 is 2.58 bits per heavy atom. The minimum Gasteiger partial charge on any atom is -0.473 e. The van der Waals surface area contributed by atoms with E-state index in [1.54, 1.807) is 11.8 Å². The van der Waals surface area contributed by atoms with E-state index in [0.717, 1.165) is 11.3 Å². The molecule has 1 aromatic rings. The van der Waals surface area contributed by atoms with Crippen molar-refractivity contribution in [2.24, 2.45) is 5.92 Å². The Bertz CT molecular complexity index is 580. The van der Waals surface area contributed by atoms with Crippen molar-refractivity contribution in [1.29, 1.82) is 0 Å². The van der Waals surface area contributed by atoms with Gasteiger partial charge in [0.2, 0.25) is 0 Å². The lowest BCUT2D eigenvalue weighted by molar-refractivity contribution is -0.149. The normalized spacial score (nSPS) is 15.0. The first-order chi connectivity index (χ1) is 11.5. The Balaban J connectivity index is 1.73. The van der Waals surface area contributed by atoms with Crippen LogP contribution < -0.4 is 10.1 Å². The van der Waals surface area contributed by atoms with Crippen LogP contribution in [0.2, 0.25) is 0 Å². The number of hydrogen-bond acceptors (Lipinski definition) is 4. The molecule has 1 aromatic carbocycles. The van der Waals surface area contributed by atoms with E-state index in [1.807, 2.05) is 32.0 Å². The fraction of sp³-hybridized carbons (Fsp3) is 0.556. The van der Waals surface area contributed by atoms with Crippen LogP contribution in [0.15, 0.2) is 18.2 Å². The smallest absolute Gasteiger partial charge is 0.320 e. The molecule has 1 N–H and O–H groups in total. The fourth-order valence-corrected chi connectivity index (χ4v) is 2.83. The maximum Gasteiger partial charge on any atom is 0.320 e. The van der Waals surface area contributed by atoms with Crippen LogP contribution in [-0.2, 0) is 9.53 Å². The largest absolute Gasteiger partial charge is 0.473 e. The summed E-state index contributed by atoms with van der Waals surface area (Å²) in [4.78, 5) is 25.6. The van der Waals surface area contributed by atoms with Gasteiger partial charge < -0.3 is 19.7 Å². The number of benzene rings is 1. The number of likely N-dealkylation sites (tertiary alicyclic amines) is 1. The summed E-state index contributed by atoms with van der Waals surface area (Å²) in [5.74, 6) is 0.512. The van der Waals surface area contributed by atoms with Crippen molar-refractivity contribution < 1.29 is 19.1 Å². The van der Waals surface area contributed by atoms with Crippen LogP contribution in [0.3, 0.4) is 0 Å². The number of hydrogen-bond donors (Lipinski definition) is 1. The van der Waals surface area contributed by atoms with Gasteiger partial charge in [0.15, 0.2) is 6.73 Å². The Morgan fingerprint density at radius 2 is 1.96 bits per heavy atom. The molecule has 132 valence electrons. The van der Waals surface area contributed by atoms with Crippen LogP contribution in [0.4, 0.5) is 4.79 Å². The summed E-state index contributed by atoms with van der Waals surface area (Å²) in [5, 5.41) is 2.76. The zero-order chi connectivity index (χ0) is 17.5. The van der Waals surface area contributed by atoms with Crippen molar-refractivity contribution in [3.63, 3.8) is 0 Å². The van der Waals surface area contributed by atoms with Crippen molar-refractivity contribution >= 4 is 12.0 Å². The number of carbonyl (C=O) groups excluding carboxylic acids is 2. The Hall–Kier alpha value is -2.24. The summed E-state index contributed by atoms with van der Waals surface area (Å²) in [6, 6.07) is 5.76. The molecule has 0 unspecified atom stereocenters. The molecule has 1 saturated heterocycles. The highest BCUT2D eigenvalue weighted by Crippen LogP contribution is 2.19. The third-order valence-electron chi connectivity index (χ3n) is 4.18. The van der Waals surface area contributed by atoms with Gasteiger partial charge in [-0.15, -0.1) is 0 Å². The topological polar surface area (TPSA) is 67.9 Å². The summed E-state index contributed by atoms with van der Waals surface area (Å²) in [6.07, 6.45) is 1.29. The van der Waals surface area contributed by atoms with Crippen molar-refractivity contribution in [3.05, 3.63) is 29.3 Å². The minimum absolute atomic E-state index is 0.0968. The second kappa shape index (κ2) is 8.57. The number of amides is 2. The van der Waals surface area contributed by atoms with Crippen molar-refractivity contribution in [2.75, 3.05) is 26.4 Å². The molecule has 0 radical (unpaired) electrons. The van der Waals surface area contributed by atoms with Crippen molar-refractivity contribution in [3.8, 4) is 5.75 Å². The summed E-state index contributed by atoms with van der Waals surface area (Å²) < 4.78 is 10.6. The molecular weight excluding hydrogens is 308 g/mol. The standard InChI is InChI=1S/C18H26N2O4/c1-4-23-17(21)15-7-9-20(10-8-15)18(22)19-12-24-16-6-5-13(2)11-14(16)3/h5-6,11,15H,4,7-10,12H2,1-3H3,(H,19,22). The number of rotatable bonds is 5. The van der Waals surface area contributed by atoms with Crippen LogP contribution in [0.5, 0.6) is 5.75 Å². The molecule has 2 amide bonds. The predicted molar refractivity (Wildman–Crippen MR) is 90.9 cm³/mol. The lowest BCUT2D eigenvalue weighted by atomic mass is 9.97. The van der Waals surface area contributed by atoms with E-state index < -0.39 is 0 Å². The van der Waals surface area contributed by atoms with Crippen molar-refractivity contribution in [1.82, 2.24) is 10.2 Å². The average Bonchev–Trinajstić information content (AvgIpc) is 2.57. The number of ether oxygens (including phenoxy) is 2. The molecule has 0 spiro atoms. The summed E-state index contributed by atoms with van der Waals surface area (Å²) in [6.45, 7) is 7.44. The first kappa shape index (κ1) is 18.1. The number of esters is 1. The average molecular weight is 334 g/mol. The van der Waals surface area contributed by atoms with Crippen LogP contribution in [0.25, 0.3) is 0 Å². The van der Waals surface area contributed by atoms with E-state index in [4.69, 9.17) is 9.47 Å². The maximum absolute atomic E-state index is 12.1. The quantitative estimate of drug-likeness (QED) is 0.664. The summed E-state index contributed by atoms with van der Waals surface area (Å²) >= 11 is 0. The van der Waals surface area contributed by atoms with Gasteiger partial charge >= 0.3 is 12.0 Å². The SMILES string of the molecule is CCOC(=O)C1CCN(C(=O)NCOc2ccc(C)cc2C)CC1. The molecule has 0 aliphatic carbocycles. The van der Waals surface area contributed by atoms with Crippen LogP contribution in [-0.4, -0.2) is 43.3 Å². The molecule has 24 heavy (non-hydrogen) atoms. The van der Waals surface area contributed by atoms with E-state index in [0.29, 0.717) is 32.5 Å². The first-order valence-corrected chi connectivity index (χ1v) is 8.40. The van der Waals surface area contributed by atoms with Gasteiger partial charge in [-0.25, -0.2) is 4.79 Å². The molecular formula is C18H26N2O4. The molecule has 1 aliphatic rings. The predicted octanol–water partition coefficient (Wildman–Crippen LogP) is 2.62. The third kappa shape index (κ3) is 4.88. The van der Waals surface area contributed by atoms with Crippen molar-refractivity contribution in [2.45, 2.75) is 33.6 Å². The van der Waals surface area contributed by atoms with Gasteiger partial charge in [-0.1, -0.05) is 17.7 Å². The number of nitrogens with one attached hydrogen (secondary N) is 1. The highest BCUT2D eigenvalue weighted by molar-refractivity contribution is 5.75. The van der Waals surface area contributed by atoms with Gasteiger partial charge in [0.05, 0.1) is 12.5 Å². The second-order valence-electron chi connectivity index (χ2n) is 6.05. The Kier molecular flexibility index (Phi) is 6.46. The van der Waals surface area contributed by atoms with Gasteiger partial charge in [0.1, 0.15) is 5.75 Å². The second-order valence-corrected chi connectivity index (χ2v) is 6.05. The van der Waals surface area contributed by atoms with Crippen LogP contribution >= 0.6 is 0 Å². The van der Waals surface area contributed by atoms with E-state index in [2.05, 4.69) is 5.32 Å².